The van der Waals surface area contributed by atoms with E-state index in [1.807, 2.05) is 24.3 Å². The topological polar surface area (TPSA) is 64.6 Å². The zero-order valence-electron chi connectivity index (χ0n) is 14.6. The van der Waals surface area contributed by atoms with Crippen LogP contribution in [0.5, 0.6) is 5.75 Å². The van der Waals surface area contributed by atoms with Crippen LogP contribution in [0, 0.1) is 0 Å². The van der Waals surface area contributed by atoms with Crippen LogP contribution >= 0.6 is 11.6 Å². The molecule has 2 aromatic rings. The molecule has 0 fully saturated rings. The third-order valence-electron chi connectivity index (χ3n) is 3.57. The molecule has 0 aromatic heterocycles. The summed E-state index contributed by atoms with van der Waals surface area (Å²) >= 11 is 5.81. The number of ether oxygens (including phenoxy) is 2. The number of methoxy groups -OCH3 is 1. The lowest BCUT2D eigenvalue weighted by molar-refractivity contribution is -0.150. The van der Waals surface area contributed by atoms with Crippen molar-refractivity contribution in [2.75, 3.05) is 7.11 Å². The highest BCUT2D eigenvalue weighted by Gasteiger charge is 2.16. The third-order valence-corrected chi connectivity index (χ3v) is 3.82. The van der Waals surface area contributed by atoms with E-state index in [-0.39, 0.29) is 5.91 Å². The Morgan fingerprint density at radius 2 is 1.77 bits per heavy atom. The molecule has 1 unspecified atom stereocenters. The summed E-state index contributed by atoms with van der Waals surface area (Å²) < 4.78 is 10.2. The molecule has 1 amide bonds. The van der Waals surface area contributed by atoms with Crippen molar-refractivity contribution in [1.29, 1.82) is 0 Å². The van der Waals surface area contributed by atoms with Gasteiger partial charge in [-0.2, -0.15) is 0 Å². The van der Waals surface area contributed by atoms with Gasteiger partial charge in [0.25, 0.3) is 5.91 Å². The van der Waals surface area contributed by atoms with Gasteiger partial charge in [0.15, 0.2) is 6.10 Å². The molecule has 0 spiro atoms. The van der Waals surface area contributed by atoms with Crippen LogP contribution in [0.2, 0.25) is 5.02 Å². The Labute approximate surface area is 157 Å². The van der Waals surface area contributed by atoms with Crippen LogP contribution in [0.3, 0.4) is 0 Å². The van der Waals surface area contributed by atoms with Crippen LogP contribution in [-0.4, -0.2) is 25.1 Å². The van der Waals surface area contributed by atoms with Gasteiger partial charge in [0, 0.05) is 17.6 Å². The summed E-state index contributed by atoms with van der Waals surface area (Å²) in [6, 6.07) is 14.3. The molecule has 1 N–H and O–H groups in total. The molecule has 0 radical (unpaired) electrons. The number of rotatable bonds is 7. The lowest BCUT2D eigenvalue weighted by Gasteiger charge is -2.12. The largest absolute Gasteiger partial charge is 0.497 e. The van der Waals surface area contributed by atoms with E-state index < -0.39 is 12.1 Å². The van der Waals surface area contributed by atoms with Crippen LogP contribution in [0.25, 0.3) is 6.08 Å². The summed E-state index contributed by atoms with van der Waals surface area (Å²) in [5.41, 5.74) is 1.73. The Kier molecular flexibility index (Phi) is 7.24. The molecular formula is C20H20ClNO4. The number of nitrogens with one attached hydrogen (secondary N) is 1. The van der Waals surface area contributed by atoms with Crippen molar-refractivity contribution in [3.63, 3.8) is 0 Å². The van der Waals surface area contributed by atoms with Crippen LogP contribution in [0.15, 0.2) is 54.6 Å². The number of benzene rings is 2. The quantitative estimate of drug-likeness (QED) is 0.594. The lowest BCUT2D eigenvalue weighted by atomic mass is 10.2. The average molecular weight is 374 g/mol. The average Bonchev–Trinajstić information content (AvgIpc) is 2.66. The fourth-order valence-electron chi connectivity index (χ4n) is 2.08. The first-order valence-electron chi connectivity index (χ1n) is 8.03. The van der Waals surface area contributed by atoms with Crippen LogP contribution in [0.4, 0.5) is 0 Å². The van der Waals surface area contributed by atoms with Gasteiger partial charge in [0.05, 0.1) is 7.11 Å². The van der Waals surface area contributed by atoms with E-state index in [0.717, 1.165) is 16.9 Å². The molecule has 6 heteroatoms. The van der Waals surface area contributed by atoms with E-state index in [1.165, 1.54) is 13.0 Å². The molecule has 0 heterocycles. The van der Waals surface area contributed by atoms with Crippen molar-refractivity contribution in [3.05, 3.63) is 70.8 Å². The SMILES string of the molecule is COc1ccc(/C=C/C(=O)OC(C)C(=O)NCc2ccc(Cl)cc2)cc1. The zero-order chi connectivity index (χ0) is 18.9. The van der Waals surface area contributed by atoms with Crippen LogP contribution in [0.1, 0.15) is 18.1 Å². The van der Waals surface area contributed by atoms with Crippen molar-refractivity contribution in [2.45, 2.75) is 19.6 Å². The predicted octanol–water partition coefficient (Wildman–Crippen LogP) is 3.61. The standard InChI is InChI=1S/C20H20ClNO4/c1-14(20(24)22-13-16-3-8-17(21)9-4-16)26-19(23)12-7-15-5-10-18(25-2)11-6-15/h3-12,14H,13H2,1-2H3,(H,22,24)/b12-7+. The second-order valence-electron chi connectivity index (χ2n) is 5.53. The van der Waals surface area contributed by atoms with Gasteiger partial charge < -0.3 is 14.8 Å². The van der Waals surface area contributed by atoms with Crippen molar-refractivity contribution in [3.8, 4) is 5.75 Å². The molecule has 26 heavy (non-hydrogen) atoms. The van der Waals surface area contributed by atoms with Crippen LogP contribution in [-0.2, 0) is 20.9 Å². The molecule has 1 atom stereocenters. The van der Waals surface area contributed by atoms with Crippen molar-refractivity contribution < 1.29 is 19.1 Å². The highest BCUT2D eigenvalue weighted by atomic mass is 35.5. The molecule has 0 aliphatic rings. The van der Waals surface area contributed by atoms with Gasteiger partial charge in [0.2, 0.25) is 0 Å². The summed E-state index contributed by atoms with van der Waals surface area (Å²) in [6.45, 7) is 1.86. The summed E-state index contributed by atoms with van der Waals surface area (Å²) in [7, 11) is 1.58. The van der Waals surface area contributed by atoms with E-state index in [4.69, 9.17) is 21.1 Å². The van der Waals surface area contributed by atoms with Crippen LogP contribution < -0.4 is 10.1 Å². The van der Waals surface area contributed by atoms with E-state index in [0.29, 0.717) is 11.6 Å². The van der Waals surface area contributed by atoms with Gasteiger partial charge in [-0.1, -0.05) is 35.9 Å². The first-order chi connectivity index (χ1) is 12.5. The number of esters is 1. The van der Waals surface area contributed by atoms with Gasteiger partial charge in [-0.25, -0.2) is 4.79 Å². The van der Waals surface area contributed by atoms with Gasteiger partial charge in [-0.3, -0.25) is 4.79 Å². The summed E-state index contributed by atoms with van der Waals surface area (Å²) in [5, 5.41) is 3.34. The summed E-state index contributed by atoms with van der Waals surface area (Å²) in [5.74, 6) is -0.225. The highest BCUT2D eigenvalue weighted by molar-refractivity contribution is 6.30. The van der Waals surface area contributed by atoms with E-state index >= 15 is 0 Å². The number of amides is 1. The van der Waals surface area contributed by atoms with Gasteiger partial charge in [0.1, 0.15) is 5.75 Å². The van der Waals surface area contributed by atoms with Crippen molar-refractivity contribution in [2.24, 2.45) is 0 Å². The Morgan fingerprint density at radius 1 is 1.12 bits per heavy atom. The lowest BCUT2D eigenvalue weighted by Crippen LogP contribution is -2.35. The Morgan fingerprint density at radius 3 is 2.38 bits per heavy atom. The number of carbonyl (C=O) groups is 2. The molecule has 5 nitrogen and oxygen atoms in total. The molecular weight excluding hydrogens is 354 g/mol. The molecule has 0 aliphatic heterocycles. The fraction of sp³-hybridized carbons (Fsp3) is 0.200. The Hall–Kier alpha value is -2.79. The molecule has 0 bridgehead atoms. The van der Waals surface area contributed by atoms with Crippen molar-refractivity contribution in [1.82, 2.24) is 5.32 Å². The number of carbonyl (C=O) groups excluding carboxylic acids is 2. The number of hydrogen-bond acceptors (Lipinski definition) is 4. The zero-order valence-corrected chi connectivity index (χ0v) is 15.3. The first kappa shape index (κ1) is 19.5. The van der Waals surface area contributed by atoms with Gasteiger partial charge in [-0.15, -0.1) is 0 Å². The maximum absolute atomic E-state index is 12.0. The molecule has 2 aromatic carbocycles. The Bertz CT molecular complexity index is 769. The number of hydrogen-bond donors (Lipinski definition) is 1. The van der Waals surface area contributed by atoms with E-state index in [9.17, 15) is 9.59 Å². The van der Waals surface area contributed by atoms with E-state index in [1.54, 1.807) is 37.5 Å². The molecule has 0 saturated heterocycles. The smallest absolute Gasteiger partial charge is 0.331 e. The summed E-state index contributed by atoms with van der Waals surface area (Å²) in [6.07, 6.45) is 2.00. The maximum atomic E-state index is 12.0. The molecule has 0 saturated carbocycles. The normalized spacial score (nSPS) is 11.8. The molecule has 0 aliphatic carbocycles. The third kappa shape index (κ3) is 6.26. The van der Waals surface area contributed by atoms with Crippen molar-refractivity contribution >= 4 is 29.6 Å². The monoisotopic (exact) mass is 373 g/mol. The summed E-state index contributed by atoms with van der Waals surface area (Å²) in [4.78, 5) is 23.8. The minimum absolute atomic E-state index is 0.333. The second-order valence-corrected chi connectivity index (χ2v) is 5.97. The van der Waals surface area contributed by atoms with Gasteiger partial charge in [-0.05, 0) is 48.4 Å². The second kappa shape index (κ2) is 9.63. The predicted molar refractivity (Wildman–Crippen MR) is 101 cm³/mol. The molecule has 2 rings (SSSR count). The minimum Gasteiger partial charge on any atom is -0.497 e. The highest BCUT2D eigenvalue weighted by Crippen LogP contribution is 2.12. The van der Waals surface area contributed by atoms with Gasteiger partial charge >= 0.3 is 5.97 Å². The van der Waals surface area contributed by atoms with E-state index in [2.05, 4.69) is 5.32 Å². The molecule has 136 valence electrons. The maximum Gasteiger partial charge on any atom is 0.331 e. The Balaban J connectivity index is 1.80. The first-order valence-corrected chi connectivity index (χ1v) is 8.40. The number of halogens is 1. The minimum atomic E-state index is -0.893. The fourth-order valence-corrected chi connectivity index (χ4v) is 2.21.